The third-order valence-electron chi connectivity index (χ3n) is 5.18. The maximum absolute atomic E-state index is 12.9. The minimum Gasteiger partial charge on any atom is -0.489 e. The highest BCUT2D eigenvalue weighted by atomic mass is 79.9. The van der Waals surface area contributed by atoms with Gasteiger partial charge in [-0.2, -0.15) is 0 Å². The van der Waals surface area contributed by atoms with Gasteiger partial charge in [-0.3, -0.25) is 4.79 Å². The lowest BCUT2D eigenvalue weighted by molar-refractivity contribution is 0.306. The highest BCUT2D eigenvalue weighted by Crippen LogP contribution is 2.27. The second kappa shape index (κ2) is 8.60. The molecule has 0 atom stereocenters. The number of ether oxygens (including phenoxy) is 2. The van der Waals surface area contributed by atoms with Gasteiger partial charge in [-0.05, 0) is 54.4 Å². The molecule has 0 fully saturated rings. The van der Waals surface area contributed by atoms with E-state index in [0.29, 0.717) is 34.7 Å². The molecule has 0 unspecified atom stereocenters. The van der Waals surface area contributed by atoms with Crippen LogP contribution in [0.25, 0.3) is 21.9 Å². The molecular weight excluding hydrogens is 488 g/mol. The Bertz CT molecular complexity index is 1600. The SMILES string of the molecule is Cc1cc(=O)oc2cc(Oc3coc4cc(OCc5ccc(Br)cc5)ccc4c3=O)ccc12. The number of hydrogen-bond acceptors (Lipinski definition) is 6. The van der Waals surface area contributed by atoms with Crippen LogP contribution in [0, 0.1) is 6.92 Å². The van der Waals surface area contributed by atoms with E-state index in [4.69, 9.17) is 18.3 Å². The summed E-state index contributed by atoms with van der Waals surface area (Å²) in [5, 5.41) is 1.16. The summed E-state index contributed by atoms with van der Waals surface area (Å²) < 4.78 is 23.5. The normalized spacial score (nSPS) is 11.1. The van der Waals surface area contributed by atoms with E-state index in [1.165, 1.54) is 12.3 Å². The van der Waals surface area contributed by atoms with Gasteiger partial charge in [0.2, 0.25) is 11.2 Å². The maximum atomic E-state index is 12.9. The Labute approximate surface area is 196 Å². The van der Waals surface area contributed by atoms with Gasteiger partial charge in [-0.15, -0.1) is 0 Å². The first-order chi connectivity index (χ1) is 16.0. The van der Waals surface area contributed by atoms with Crippen LogP contribution in [0.2, 0.25) is 0 Å². The van der Waals surface area contributed by atoms with E-state index >= 15 is 0 Å². The Morgan fingerprint density at radius 2 is 1.58 bits per heavy atom. The first kappa shape index (κ1) is 21.0. The highest BCUT2D eigenvalue weighted by molar-refractivity contribution is 9.10. The predicted molar refractivity (Wildman–Crippen MR) is 128 cm³/mol. The lowest BCUT2D eigenvalue weighted by atomic mass is 10.1. The second-order valence-electron chi connectivity index (χ2n) is 7.51. The second-order valence-corrected chi connectivity index (χ2v) is 8.43. The van der Waals surface area contributed by atoms with Gasteiger partial charge in [0.05, 0.1) is 5.39 Å². The zero-order chi connectivity index (χ0) is 22.9. The number of aryl methyl sites for hydroxylation is 1. The van der Waals surface area contributed by atoms with Crippen molar-refractivity contribution in [2.45, 2.75) is 13.5 Å². The molecular formula is C26H17BrO6. The van der Waals surface area contributed by atoms with Gasteiger partial charge in [0.1, 0.15) is 35.5 Å². The quantitative estimate of drug-likeness (QED) is 0.260. The third-order valence-corrected chi connectivity index (χ3v) is 5.71. The van der Waals surface area contributed by atoms with E-state index in [1.54, 1.807) is 36.4 Å². The van der Waals surface area contributed by atoms with Crippen LogP contribution in [0.1, 0.15) is 11.1 Å². The molecule has 0 bridgehead atoms. The summed E-state index contributed by atoms with van der Waals surface area (Å²) in [7, 11) is 0. The number of hydrogen-bond donors (Lipinski definition) is 0. The van der Waals surface area contributed by atoms with E-state index in [2.05, 4.69) is 15.9 Å². The lowest BCUT2D eigenvalue weighted by Crippen LogP contribution is -2.05. The monoisotopic (exact) mass is 504 g/mol. The molecule has 5 aromatic rings. The summed E-state index contributed by atoms with van der Waals surface area (Å²) in [6, 6.07) is 19.4. The molecule has 0 radical (unpaired) electrons. The Morgan fingerprint density at radius 1 is 0.848 bits per heavy atom. The molecule has 3 aromatic carbocycles. The average Bonchev–Trinajstić information content (AvgIpc) is 2.80. The predicted octanol–water partition coefficient (Wildman–Crippen LogP) is 6.34. The minimum atomic E-state index is -0.444. The number of halogens is 1. The van der Waals surface area contributed by atoms with E-state index < -0.39 is 5.63 Å². The third kappa shape index (κ3) is 4.40. The van der Waals surface area contributed by atoms with Gasteiger partial charge in [0, 0.05) is 28.1 Å². The van der Waals surface area contributed by atoms with E-state index in [-0.39, 0.29) is 11.2 Å². The molecule has 0 N–H and O–H groups in total. The molecule has 0 saturated carbocycles. The highest BCUT2D eigenvalue weighted by Gasteiger charge is 2.12. The Balaban J connectivity index is 1.39. The summed E-state index contributed by atoms with van der Waals surface area (Å²) in [5.41, 5.74) is 1.83. The average molecular weight is 505 g/mol. The van der Waals surface area contributed by atoms with Gasteiger partial charge in [0.25, 0.3) is 0 Å². The van der Waals surface area contributed by atoms with Crippen LogP contribution in [0.15, 0.2) is 95.9 Å². The number of fused-ring (bicyclic) bond motifs is 2. The largest absolute Gasteiger partial charge is 0.489 e. The summed E-state index contributed by atoms with van der Waals surface area (Å²) in [6.07, 6.45) is 1.26. The van der Waals surface area contributed by atoms with E-state index in [0.717, 1.165) is 21.0 Å². The summed E-state index contributed by atoms with van der Waals surface area (Å²) in [5.74, 6) is 0.972. The lowest BCUT2D eigenvalue weighted by Gasteiger charge is -2.09. The molecule has 0 aliphatic heterocycles. The molecule has 5 rings (SSSR count). The first-order valence-electron chi connectivity index (χ1n) is 10.1. The van der Waals surface area contributed by atoms with Crippen molar-refractivity contribution in [1.29, 1.82) is 0 Å². The van der Waals surface area contributed by atoms with Crippen LogP contribution in [0.4, 0.5) is 0 Å². The summed E-state index contributed by atoms with van der Waals surface area (Å²) in [4.78, 5) is 24.6. The molecule has 33 heavy (non-hydrogen) atoms. The van der Waals surface area contributed by atoms with Crippen molar-refractivity contribution in [3.05, 3.63) is 109 Å². The Hall–Kier alpha value is -3.84. The molecule has 0 amide bonds. The summed E-state index contributed by atoms with van der Waals surface area (Å²) in [6.45, 7) is 2.22. The van der Waals surface area contributed by atoms with Crippen LogP contribution < -0.4 is 20.5 Å². The maximum Gasteiger partial charge on any atom is 0.336 e. The van der Waals surface area contributed by atoms with Crippen LogP contribution in [-0.2, 0) is 6.61 Å². The zero-order valence-corrected chi connectivity index (χ0v) is 19.0. The van der Waals surface area contributed by atoms with Crippen LogP contribution >= 0.6 is 15.9 Å². The van der Waals surface area contributed by atoms with Gasteiger partial charge in [-0.25, -0.2) is 4.79 Å². The molecule has 164 valence electrons. The van der Waals surface area contributed by atoms with Crippen molar-refractivity contribution >= 4 is 37.9 Å². The molecule has 2 aromatic heterocycles. The van der Waals surface area contributed by atoms with Crippen LogP contribution in [-0.4, -0.2) is 0 Å². The first-order valence-corrected chi connectivity index (χ1v) is 10.9. The fourth-order valence-corrected chi connectivity index (χ4v) is 3.76. The fraction of sp³-hybridized carbons (Fsp3) is 0.0769. The van der Waals surface area contributed by atoms with Gasteiger partial charge < -0.3 is 18.3 Å². The van der Waals surface area contributed by atoms with Gasteiger partial charge in [-0.1, -0.05) is 28.1 Å². The van der Waals surface area contributed by atoms with Crippen molar-refractivity contribution in [2.24, 2.45) is 0 Å². The Kier molecular flexibility index (Phi) is 5.48. The van der Waals surface area contributed by atoms with Gasteiger partial charge in [0.15, 0.2) is 0 Å². The Morgan fingerprint density at radius 3 is 2.39 bits per heavy atom. The fourth-order valence-electron chi connectivity index (χ4n) is 3.49. The van der Waals surface area contributed by atoms with E-state index in [9.17, 15) is 9.59 Å². The molecule has 6 nitrogen and oxygen atoms in total. The van der Waals surface area contributed by atoms with Crippen molar-refractivity contribution in [1.82, 2.24) is 0 Å². The standard InChI is InChI=1S/C26H17BrO6/c1-15-10-25(28)33-23-12-19(7-8-20(15)23)32-24-14-31-22-11-18(6-9-21(22)26(24)29)30-13-16-2-4-17(27)5-3-16/h2-12,14H,13H2,1H3. The minimum absolute atomic E-state index is 0.0281. The molecule has 0 aliphatic carbocycles. The molecule has 0 saturated heterocycles. The van der Waals surface area contributed by atoms with Crippen molar-refractivity contribution in [3.8, 4) is 17.2 Å². The molecule has 0 aliphatic rings. The van der Waals surface area contributed by atoms with Crippen molar-refractivity contribution in [2.75, 3.05) is 0 Å². The van der Waals surface area contributed by atoms with Crippen molar-refractivity contribution < 1.29 is 18.3 Å². The van der Waals surface area contributed by atoms with Crippen LogP contribution in [0.5, 0.6) is 17.2 Å². The summed E-state index contributed by atoms with van der Waals surface area (Å²) >= 11 is 3.41. The smallest absolute Gasteiger partial charge is 0.336 e. The number of benzene rings is 3. The van der Waals surface area contributed by atoms with Crippen molar-refractivity contribution in [3.63, 3.8) is 0 Å². The van der Waals surface area contributed by atoms with Gasteiger partial charge >= 0.3 is 5.63 Å². The van der Waals surface area contributed by atoms with Crippen LogP contribution in [0.3, 0.4) is 0 Å². The zero-order valence-electron chi connectivity index (χ0n) is 17.5. The molecule has 7 heteroatoms. The van der Waals surface area contributed by atoms with E-state index in [1.807, 2.05) is 31.2 Å². The topological polar surface area (TPSA) is 78.9 Å². The number of rotatable bonds is 5. The molecule has 2 heterocycles. The molecule has 0 spiro atoms.